The lowest BCUT2D eigenvalue weighted by molar-refractivity contribution is 0.162. The van der Waals surface area contributed by atoms with Gasteiger partial charge in [-0.25, -0.2) is 0 Å². The third-order valence-corrected chi connectivity index (χ3v) is 4.96. The van der Waals surface area contributed by atoms with Crippen molar-refractivity contribution in [3.63, 3.8) is 0 Å². The molecule has 1 saturated heterocycles. The Morgan fingerprint density at radius 2 is 1.83 bits per heavy atom. The molecule has 2 aliphatic heterocycles. The van der Waals surface area contributed by atoms with Crippen molar-refractivity contribution in [1.82, 2.24) is 10.2 Å². The zero-order chi connectivity index (χ0) is 14.7. The van der Waals surface area contributed by atoms with E-state index < -0.39 is 0 Å². The molecular weight excluding hydrogens is 403 g/mol. The molecule has 0 unspecified atom stereocenters. The maximum Gasteiger partial charge on any atom is 0.231 e. The topological polar surface area (TPSA) is 33.7 Å². The SMILES string of the molecule is CCCC[C@H](c1cc2c(cc1Br)OCO2)N1CCNCC1.Cl.Cl. The summed E-state index contributed by atoms with van der Waals surface area (Å²) in [5.74, 6) is 1.73. The van der Waals surface area contributed by atoms with Crippen LogP contribution in [-0.4, -0.2) is 37.9 Å². The Hall–Kier alpha value is -0.200. The highest BCUT2D eigenvalue weighted by Gasteiger charge is 2.26. The number of nitrogens with one attached hydrogen (secondary N) is 1. The highest BCUT2D eigenvalue weighted by molar-refractivity contribution is 9.10. The first-order valence-corrected chi connectivity index (χ1v) is 8.62. The van der Waals surface area contributed by atoms with Crippen LogP contribution in [0.4, 0.5) is 0 Å². The number of ether oxygens (including phenoxy) is 2. The van der Waals surface area contributed by atoms with E-state index >= 15 is 0 Å². The minimum absolute atomic E-state index is 0. The molecule has 2 aliphatic rings. The van der Waals surface area contributed by atoms with Crippen LogP contribution in [-0.2, 0) is 0 Å². The number of rotatable bonds is 5. The fourth-order valence-electron chi connectivity index (χ4n) is 3.11. The first-order valence-electron chi connectivity index (χ1n) is 7.83. The smallest absolute Gasteiger partial charge is 0.231 e. The van der Waals surface area contributed by atoms with Crippen LogP contribution in [0, 0.1) is 0 Å². The predicted octanol–water partition coefficient (Wildman–Crippen LogP) is 4.16. The monoisotopic (exact) mass is 426 g/mol. The lowest BCUT2D eigenvalue weighted by atomic mass is 9.98. The second-order valence-electron chi connectivity index (χ2n) is 5.67. The van der Waals surface area contributed by atoms with Gasteiger partial charge in [-0.05, 0) is 24.1 Å². The van der Waals surface area contributed by atoms with Gasteiger partial charge in [0, 0.05) is 36.7 Å². The Morgan fingerprint density at radius 3 is 2.48 bits per heavy atom. The second kappa shape index (κ2) is 9.94. The molecule has 1 aromatic carbocycles. The van der Waals surface area contributed by atoms with Gasteiger partial charge in [0.15, 0.2) is 11.5 Å². The van der Waals surface area contributed by atoms with Crippen LogP contribution in [0.2, 0.25) is 0 Å². The van der Waals surface area contributed by atoms with Crippen molar-refractivity contribution >= 4 is 40.7 Å². The molecule has 0 amide bonds. The van der Waals surface area contributed by atoms with Crippen LogP contribution in [0.3, 0.4) is 0 Å². The Bertz CT molecular complexity index is 499. The van der Waals surface area contributed by atoms with Crippen molar-refractivity contribution in [2.45, 2.75) is 32.2 Å². The van der Waals surface area contributed by atoms with E-state index in [4.69, 9.17) is 9.47 Å². The maximum atomic E-state index is 5.56. The summed E-state index contributed by atoms with van der Waals surface area (Å²) in [5.41, 5.74) is 1.33. The lowest BCUT2D eigenvalue weighted by Gasteiger charge is -2.36. The quantitative estimate of drug-likeness (QED) is 0.764. The number of piperazine rings is 1. The van der Waals surface area contributed by atoms with Crippen molar-refractivity contribution in [1.29, 1.82) is 0 Å². The van der Waals surface area contributed by atoms with E-state index in [2.05, 4.69) is 45.2 Å². The average Bonchev–Trinajstić information content (AvgIpc) is 2.96. The predicted molar refractivity (Wildman–Crippen MR) is 101 cm³/mol. The van der Waals surface area contributed by atoms with E-state index in [9.17, 15) is 0 Å². The number of fused-ring (bicyclic) bond motifs is 1. The molecule has 0 radical (unpaired) electrons. The fraction of sp³-hybridized carbons (Fsp3) is 0.625. The molecule has 7 heteroatoms. The average molecular weight is 428 g/mol. The molecule has 0 bridgehead atoms. The van der Waals surface area contributed by atoms with Crippen LogP contribution in [0.1, 0.15) is 37.8 Å². The summed E-state index contributed by atoms with van der Waals surface area (Å²) >= 11 is 3.73. The van der Waals surface area contributed by atoms with E-state index in [0.717, 1.165) is 42.2 Å². The number of halogens is 3. The molecule has 132 valence electrons. The molecule has 2 heterocycles. The van der Waals surface area contributed by atoms with Crippen LogP contribution >= 0.6 is 40.7 Å². The Kier molecular flexibility index (Phi) is 9.01. The van der Waals surface area contributed by atoms with E-state index in [0.29, 0.717) is 12.8 Å². The molecule has 0 aliphatic carbocycles. The highest BCUT2D eigenvalue weighted by atomic mass is 79.9. The van der Waals surface area contributed by atoms with Crippen LogP contribution in [0.25, 0.3) is 0 Å². The Balaban J connectivity index is 0.00000132. The maximum absolute atomic E-state index is 5.56. The minimum atomic E-state index is 0. The van der Waals surface area contributed by atoms with Gasteiger partial charge in [0.25, 0.3) is 0 Å². The summed E-state index contributed by atoms with van der Waals surface area (Å²) in [6, 6.07) is 4.67. The summed E-state index contributed by atoms with van der Waals surface area (Å²) in [7, 11) is 0. The van der Waals surface area contributed by atoms with Gasteiger partial charge < -0.3 is 14.8 Å². The summed E-state index contributed by atoms with van der Waals surface area (Å²) < 4.78 is 12.2. The number of benzene rings is 1. The van der Waals surface area contributed by atoms with Gasteiger partial charge in [-0.3, -0.25) is 4.90 Å². The van der Waals surface area contributed by atoms with Gasteiger partial charge in [-0.1, -0.05) is 35.7 Å². The third kappa shape index (κ3) is 4.89. The van der Waals surface area contributed by atoms with Crippen molar-refractivity contribution in [2.75, 3.05) is 33.0 Å². The molecule has 23 heavy (non-hydrogen) atoms. The zero-order valence-electron chi connectivity index (χ0n) is 13.3. The van der Waals surface area contributed by atoms with Crippen LogP contribution < -0.4 is 14.8 Å². The Morgan fingerprint density at radius 1 is 1.17 bits per heavy atom. The van der Waals surface area contributed by atoms with Crippen LogP contribution in [0.5, 0.6) is 11.5 Å². The number of nitrogens with zero attached hydrogens (tertiary/aromatic N) is 1. The molecule has 0 aromatic heterocycles. The minimum Gasteiger partial charge on any atom is -0.454 e. The van der Waals surface area contributed by atoms with Crippen molar-refractivity contribution in [3.8, 4) is 11.5 Å². The van der Waals surface area contributed by atoms with Crippen molar-refractivity contribution in [3.05, 3.63) is 22.2 Å². The summed E-state index contributed by atoms with van der Waals surface area (Å²) in [4.78, 5) is 2.59. The summed E-state index contributed by atoms with van der Waals surface area (Å²) in [6.07, 6.45) is 3.66. The van der Waals surface area contributed by atoms with Gasteiger partial charge in [-0.15, -0.1) is 24.8 Å². The van der Waals surface area contributed by atoms with Gasteiger partial charge in [0.05, 0.1) is 0 Å². The van der Waals surface area contributed by atoms with E-state index in [1.807, 2.05) is 0 Å². The molecule has 1 atom stereocenters. The molecule has 1 fully saturated rings. The Labute approximate surface area is 159 Å². The van der Waals surface area contributed by atoms with Gasteiger partial charge in [0.1, 0.15) is 0 Å². The molecule has 1 N–H and O–H groups in total. The highest BCUT2D eigenvalue weighted by Crippen LogP contribution is 2.41. The van der Waals surface area contributed by atoms with Gasteiger partial charge >= 0.3 is 0 Å². The summed E-state index contributed by atoms with van der Waals surface area (Å²) in [5, 5.41) is 3.44. The fourth-order valence-corrected chi connectivity index (χ4v) is 3.70. The molecule has 0 saturated carbocycles. The molecule has 0 spiro atoms. The van der Waals surface area contributed by atoms with Crippen LogP contribution in [0.15, 0.2) is 16.6 Å². The van der Waals surface area contributed by atoms with Crippen molar-refractivity contribution in [2.24, 2.45) is 0 Å². The lowest BCUT2D eigenvalue weighted by Crippen LogP contribution is -2.45. The standard InChI is InChI=1S/C16H23BrN2O2.2ClH/c1-2-3-4-14(19-7-5-18-6-8-19)12-9-15-16(10-13(12)17)21-11-20-15;;/h9-10,14,18H,2-8,11H2,1H3;2*1H/t14-;;/m1../s1. The largest absolute Gasteiger partial charge is 0.454 e. The molecule has 1 aromatic rings. The zero-order valence-corrected chi connectivity index (χ0v) is 16.6. The third-order valence-electron chi connectivity index (χ3n) is 4.27. The summed E-state index contributed by atoms with van der Waals surface area (Å²) in [6.45, 7) is 6.95. The molecular formula is C16H25BrCl2N2O2. The normalized spacial score (nSPS) is 18.0. The molecule has 4 nitrogen and oxygen atoms in total. The van der Waals surface area contributed by atoms with Crippen molar-refractivity contribution < 1.29 is 9.47 Å². The van der Waals surface area contributed by atoms with E-state index in [-0.39, 0.29) is 24.8 Å². The molecule has 3 rings (SSSR count). The number of hydrogen-bond donors (Lipinski definition) is 1. The first-order chi connectivity index (χ1) is 10.3. The first kappa shape index (κ1) is 20.8. The van der Waals surface area contributed by atoms with E-state index in [1.165, 1.54) is 24.8 Å². The number of hydrogen-bond acceptors (Lipinski definition) is 4. The van der Waals surface area contributed by atoms with Gasteiger partial charge in [0.2, 0.25) is 6.79 Å². The van der Waals surface area contributed by atoms with E-state index in [1.54, 1.807) is 0 Å². The second-order valence-corrected chi connectivity index (χ2v) is 6.53. The van der Waals surface area contributed by atoms with Gasteiger partial charge in [-0.2, -0.15) is 0 Å². The number of unbranched alkanes of at least 4 members (excludes halogenated alkanes) is 1.